The van der Waals surface area contributed by atoms with E-state index in [9.17, 15) is 9.90 Å². The van der Waals surface area contributed by atoms with Crippen molar-refractivity contribution in [2.45, 2.75) is 13.8 Å². The highest BCUT2D eigenvalue weighted by atomic mass is 32.1. The van der Waals surface area contributed by atoms with Crippen molar-refractivity contribution in [1.82, 2.24) is 9.97 Å². The van der Waals surface area contributed by atoms with Crippen molar-refractivity contribution in [2.24, 2.45) is 10.2 Å². The van der Waals surface area contributed by atoms with Gasteiger partial charge in [0.1, 0.15) is 0 Å². The molecule has 0 saturated carbocycles. The van der Waals surface area contributed by atoms with E-state index in [1.54, 1.807) is 6.07 Å². The third kappa shape index (κ3) is 2.94. The Kier molecular flexibility index (Phi) is 3.57. The molecule has 2 rings (SSSR count). The van der Waals surface area contributed by atoms with Gasteiger partial charge in [-0.05, 0) is 37.7 Å². The molecule has 0 spiro atoms. The second kappa shape index (κ2) is 5.15. The van der Waals surface area contributed by atoms with Gasteiger partial charge in [-0.15, -0.1) is 10.2 Å². The zero-order valence-corrected chi connectivity index (χ0v) is 11.2. The van der Waals surface area contributed by atoms with Gasteiger partial charge >= 0.3 is 0 Å². The van der Waals surface area contributed by atoms with E-state index in [1.165, 1.54) is 0 Å². The van der Waals surface area contributed by atoms with E-state index in [4.69, 9.17) is 12.2 Å². The Morgan fingerprint density at radius 1 is 1.21 bits per heavy atom. The van der Waals surface area contributed by atoms with Crippen LogP contribution in [0.1, 0.15) is 11.1 Å². The summed E-state index contributed by atoms with van der Waals surface area (Å²) in [6.07, 6.45) is 0. The van der Waals surface area contributed by atoms with Crippen molar-refractivity contribution in [3.8, 4) is 5.88 Å². The number of rotatable bonds is 2. The Balaban J connectivity index is 2.44. The molecular weight excluding hydrogens is 264 g/mol. The predicted molar refractivity (Wildman–Crippen MR) is 74.0 cm³/mol. The Morgan fingerprint density at radius 2 is 1.95 bits per heavy atom. The summed E-state index contributed by atoms with van der Waals surface area (Å²) in [6, 6.07) is 5.64. The first kappa shape index (κ1) is 13.2. The van der Waals surface area contributed by atoms with Gasteiger partial charge in [0, 0.05) is 0 Å². The highest BCUT2D eigenvalue weighted by Crippen LogP contribution is 2.24. The lowest BCUT2D eigenvalue weighted by Gasteiger charge is -2.00. The highest BCUT2D eigenvalue weighted by molar-refractivity contribution is 7.71. The number of nitrogens with zero attached hydrogens (tertiary/aromatic N) is 2. The van der Waals surface area contributed by atoms with Crippen molar-refractivity contribution in [1.29, 1.82) is 0 Å². The molecule has 3 N–H and O–H groups in total. The largest absolute Gasteiger partial charge is 0.493 e. The van der Waals surface area contributed by atoms with Gasteiger partial charge in [-0.3, -0.25) is 9.78 Å². The van der Waals surface area contributed by atoms with Gasteiger partial charge in [0.2, 0.25) is 11.6 Å². The van der Waals surface area contributed by atoms with Gasteiger partial charge in [0.15, 0.2) is 4.77 Å². The van der Waals surface area contributed by atoms with Gasteiger partial charge in [-0.1, -0.05) is 17.7 Å². The predicted octanol–water partition coefficient (Wildman–Crippen LogP) is 3.17. The number of aromatic hydroxyl groups is 1. The maximum absolute atomic E-state index is 11.6. The number of aromatic amines is 2. The molecule has 0 aliphatic carbocycles. The first-order valence-corrected chi connectivity index (χ1v) is 5.93. The fourth-order valence-corrected chi connectivity index (χ4v) is 1.77. The lowest BCUT2D eigenvalue weighted by Crippen LogP contribution is -2.06. The Hall–Kier alpha value is -2.28. The molecule has 0 radical (unpaired) electrons. The number of azo groups is 1. The minimum absolute atomic E-state index is 0.0352. The fourth-order valence-electron chi connectivity index (χ4n) is 1.58. The Labute approximate surface area is 113 Å². The average molecular weight is 276 g/mol. The summed E-state index contributed by atoms with van der Waals surface area (Å²) in [5, 5.41) is 17.3. The molecule has 6 nitrogen and oxygen atoms in total. The summed E-state index contributed by atoms with van der Waals surface area (Å²) in [4.78, 5) is 16.3. The van der Waals surface area contributed by atoms with Crippen molar-refractivity contribution >= 4 is 23.6 Å². The fraction of sp³-hybridized carbons (Fsp3) is 0.167. The molecular formula is C12H12N4O2S. The van der Waals surface area contributed by atoms with Crippen molar-refractivity contribution in [2.75, 3.05) is 0 Å². The van der Waals surface area contributed by atoms with Crippen LogP contribution in [0.25, 0.3) is 0 Å². The average Bonchev–Trinajstić information content (AvgIpc) is 2.30. The minimum Gasteiger partial charge on any atom is -0.493 e. The first-order valence-electron chi connectivity index (χ1n) is 5.52. The molecule has 0 fully saturated rings. The normalized spacial score (nSPS) is 11.1. The number of aromatic nitrogens is 2. The van der Waals surface area contributed by atoms with Crippen LogP contribution in [0.4, 0.5) is 11.4 Å². The SMILES string of the molecule is Cc1ccc(N=Nc2c(O)[nH]c(=S)[nH]c2=O)c(C)c1. The van der Waals surface area contributed by atoms with Crippen LogP contribution in [-0.4, -0.2) is 15.1 Å². The molecule has 7 heteroatoms. The number of H-pyrrole nitrogens is 2. The molecule has 98 valence electrons. The van der Waals surface area contributed by atoms with E-state index in [1.807, 2.05) is 26.0 Å². The van der Waals surface area contributed by atoms with Crippen LogP contribution in [0.5, 0.6) is 5.88 Å². The molecule has 0 saturated heterocycles. The minimum atomic E-state index is -0.588. The van der Waals surface area contributed by atoms with Crippen LogP contribution in [0.3, 0.4) is 0 Å². The van der Waals surface area contributed by atoms with E-state index in [2.05, 4.69) is 20.2 Å². The lowest BCUT2D eigenvalue weighted by molar-refractivity contribution is 0.451. The maximum Gasteiger partial charge on any atom is 0.283 e. The van der Waals surface area contributed by atoms with Crippen LogP contribution in [0, 0.1) is 18.6 Å². The number of hydrogen-bond donors (Lipinski definition) is 3. The number of benzene rings is 1. The monoisotopic (exact) mass is 276 g/mol. The van der Waals surface area contributed by atoms with Crippen molar-refractivity contribution in [3.63, 3.8) is 0 Å². The topological polar surface area (TPSA) is 93.6 Å². The van der Waals surface area contributed by atoms with E-state index in [0.717, 1.165) is 11.1 Å². The van der Waals surface area contributed by atoms with Crippen LogP contribution < -0.4 is 5.56 Å². The summed E-state index contributed by atoms with van der Waals surface area (Å²) >= 11 is 4.72. The number of nitrogens with one attached hydrogen (secondary N) is 2. The van der Waals surface area contributed by atoms with Gasteiger partial charge in [0.05, 0.1) is 5.69 Å². The molecule has 0 atom stereocenters. The van der Waals surface area contributed by atoms with E-state index in [-0.39, 0.29) is 10.5 Å². The van der Waals surface area contributed by atoms with E-state index < -0.39 is 11.4 Å². The van der Waals surface area contributed by atoms with Crippen molar-refractivity contribution in [3.05, 3.63) is 44.5 Å². The smallest absolute Gasteiger partial charge is 0.283 e. The quantitative estimate of drug-likeness (QED) is 0.581. The van der Waals surface area contributed by atoms with E-state index in [0.29, 0.717) is 5.69 Å². The molecule has 0 amide bonds. The number of aryl methyl sites for hydroxylation is 2. The second-order valence-corrected chi connectivity index (χ2v) is 4.50. The van der Waals surface area contributed by atoms with Crippen LogP contribution in [-0.2, 0) is 0 Å². The van der Waals surface area contributed by atoms with Crippen LogP contribution in [0.2, 0.25) is 0 Å². The molecule has 1 aromatic carbocycles. The van der Waals surface area contributed by atoms with Gasteiger partial charge in [-0.2, -0.15) is 0 Å². The molecule has 0 bridgehead atoms. The molecule has 1 heterocycles. The third-order valence-electron chi connectivity index (χ3n) is 2.51. The summed E-state index contributed by atoms with van der Waals surface area (Å²) in [5.41, 5.74) is 1.89. The van der Waals surface area contributed by atoms with Crippen LogP contribution >= 0.6 is 12.2 Å². The summed E-state index contributed by atoms with van der Waals surface area (Å²) in [6.45, 7) is 3.87. The molecule has 1 aromatic heterocycles. The standard InChI is InChI=1S/C12H12N4O2S/c1-6-3-4-8(7(2)5-6)15-16-9-10(17)13-12(19)14-11(9)18/h3-5H,1-2H3,(H3,13,14,17,18,19). The molecule has 2 aromatic rings. The van der Waals surface area contributed by atoms with Crippen LogP contribution in [0.15, 0.2) is 33.2 Å². The van der Waals surface area contributed by atoms with Gasteiger partial charge < -0.3 is 10.1 Å². The zero-order valence-electron chi connectivity index (χ0n) is 10.4. The molecule has 0 unspecified atom stereocenters. The zero-order chi connectivity index (χ0) is 14.0. The lowest BCUT2D eigenvalue weighted by atomic mass is 10.1. The Morgan fingerprint density at radius 3 is 2.58 bits per heavy atom. The van der Waals surface area contributed by atoms with E-state index >= 15 is 0 Å². The third-order valence-corrected chi connectivity index (χ3v) is 2.71. The summed E-state index contributed by atoms with van der Waals surface area (Å²) < 4.78 is 0.0352. The number of hydrogen-bond acceptors (Lipinski definition) is 5. The first-order chi connectivity index (χ1) is 8.97. The summed E-state index contributed by atoms with van der Waals surface area (Å²) in [5.74, 6) is -0.401. The van der Waals surface area contributed by atoms with Gasteiger partial charge in [-0.25, -0.2) is 0 Å². The van der Waals surface area contributed by atoms with Gasteiger partial charge in [0.25, 0.3) is 5.56 Å². The highest BCUT2D eigenvalue weighted by Gasteiger charge is 2.06. The second-order valence-electron chi connectivity index (χ2n) is 4.10. The molecule has 19 heavy (non-hydrogen) atoms. The summed E-state index contributed by atoms with van der Waals surface area (Å²) in [7, 11) is 0. The molecule has 0 aliphatic rings. The molecule has 0 aliphatic heterocycles. The van der Waals surface area contributed by atoms with Crippen molar-refractivity contribution < 1.29 is 5.11 Å². The Bertz CT molecular complexity index is 761. The maximum atomic E-state index is 11.6.